The van der Waals surface area contributed by atoms with E-state index in [9.17, 15) is 24.3 Å². The highest BCUT2D eigenvalue weighted by Crippen LogP contribution is 2.47. The van der Waals surface area contributed by atoms with Gasteiger partial charge in [-0.25, -0.2) is 4.79 Å². The number of fused-ring (bicyclic) bond motifs is 4. The lowest BCUT2D eigenvalue weighted by molar-refractivity contribution is -0.230. The number of anilines is 1. The van der Waals surface area contributed by atoms with Crippen molar-refractivity contribution in [2.45, 2.75) is 64.4 Å². The van der Waals surface area contributed by atoms with E-state index in [1.54, 1.807) is 34.9 Å². The van der Waals surface area contributed by atoms with E-state index in [-0.39, 0.29) is 62.1 Å². The van der Waals surface area contributed by atoms with E-state index in [1.165, 1.54) is 21.3 Å². The van der Waals surface area contributed by atoms with Crippen molar-refractivity contribution in [2.24, 2.45) is 5.92 Å². The number of carbonyl (C=O) groups excluding carboxylic acids is 4. The van der Waals surface area contributed by atoms with E-state index < -0.39 is 36.0 Å². The standard InChI is InChI=1S/C43H53ClN4O12/c1-24(22-49)58-35(60-43(2,3)4)23-57-42(53)45-14-12-34(50)47-15-13-25(20-47)41(52)59-32-18-31-36(29-11-9-8-10-28(29)32)27(19-44)21-48(31)40(51)30-16-26-17-33(54-5)38(55-6)39(56-7)37(26)46-30/h8-11,16-18,24-25,27,35,46,49H,12-15,19-23H2,1-7H3,(H,45,53)/t24?,25?,27-,35?/m1/s1. The average Bonchev–Trinajstić information content (AvgIpc) is 3.99. The minimum Gasteiger partial charge on any atom is -0.493 e. The van der Waals surface area contributed by atoms with Crippen LogP contribution in [0.1, 0.15) is 62.5 Å². The smallest absolute Gasteiger partial charge is 0.407 e. The van der Waals surface area contributed by atoms with Gasteiger partial charge < -0.3 is 58.4 Å². The number of methoxy groups -OCH3 is 3. The lowest BCUT2D eigenvalue weighted by Crippen LogP contribution is -2.38. The number of esters is 1. The second kappa shape index (κ2) is 19.0. The Bertz CT molecular complexity index is 2220. The van der Waals surface area contributed by atoms with Crippen LogP contribution in [-0.2, 0) is 23.8 Å². The molecule has 4 atom stereocenters. The van der Waals surface area contributed by atoms with E-state index in [2.05, 4.69) is 10.3 Å². The Hall–Kier alpha value is -5.29. The molecule has 324 valence electrons. The van der Waals surface area contributed by atoms with Crippen molar-refractivity contribution < 1.29 is 57.4 Å². The molecule has 3 heterocycles. The molecule has 17 heteroatoms. The zero-order valence-electron chi connectivity index (χ0n) is 34.9. The van der Waals surface area contributed by atoms with Crippen molar-refractivity contribution in [1.82, 2.24) is 15.2 Å². The van der Waals surface area contributed by atoms with Crippen molar-refractivity contribution in [3.05, 3.63) is 53.7 Å². The summed E-state index contributed by atoms with van der Waals surface area (Å²) in [7, 11) is 4.54. The summed E-state index contributed by atoms with van der Waals surface area (Å²) in [5.74, 6) is -0.0823. The van der Waals surface area contributed by atoms with Crippen LogP contribution in [0.15, 0.2) is 42.5 Å². The normalized spacial score (nSPS) is 17.4. The van der Waals surface area contributed by atoms with E-state index >= 15 is 0 Å². The van der Waals surface area contributed by atoms with Gasteiger partial charge in [0.05, 0.1) is 56.8 Å². The molecule has 0 spiro atoms. The van der Waals surface area contributed by atoms with Crippen molar-refractivity contribution in [2.75, 3.05) is 71.5 Å². The van der Waals surface area contributed by atoms with Crippen LogP contribution >= 0.6 is 11.6 Å². The third-order valence-corrected chi connectivity index (χ3v) is 10.8. The summed E-state index contributed by atoms with van der Waals surface area (Å²) in [4.78, 5) is 60.0. The molecule has 1 fully saturated rings. The molecule has 0 saturated carbocycles. The van der Waals surface area contributed by atoms with E-state index in [0.717, 1.165) is 10.9 Å². The predicted molar refractivity (Wildman–Crippen MR) is 224 cm³/mol. The summed E-state index contributed by atoms with van der Waals surface area (Å²) in [6.07, 6.45) is -1.80. The molecule has 60 heavy (non-hydrogen) atoms. The van der Waals surface area contributed by atoms with Gasteiger partial charge in [-0.15, -0.1) is 11.6 Å². The highest BCUT2D eigenvalue weighted by molar-refractivity contribution is 6.19. The quantitative estimate of drug-likeness (QED) is 0.0538. The fraction of sp³-hybridized carbons (Fsp3) is 0.488. The van der Waals surface area contributed by atoms with E-state index in [0.29, 0.717) is 64.4 Å². The third kappa shape index (κ3) is 9.67. The maximum Gasteiger partial charge on any atom is 0.407 e. The molecule has 3 amide bonds. The number of hydrogen-bond acceptors (Lipinski definition) is 12. The van der Waals surface area contributed by atoms with Crippen molar-refractivity contribution in [3.8, 4) is 23.0 Å². The number of aliphatic hydroxyl groups is 1. The molecule has 2 aliphatic rings. The second-order valence-electron chi connectivity index (χ2n) is 15.7. The van der Waals surface area contributed by atoms with Gasteiger partial charge >= 0.3 is 12.1 Å². The summed E-state index contributed by atoms with van der Waals surface area (Å²) < 4.78 is 39.4. The van der Waals surface area contributed by atoms with Crippen LogP contribution in [0.3, 0.4) is 0 Å². The number of carbonyl (C=O) groups is 4. The van der Waals surface area contributed by atoms with Crippen LogP contribution in [0.5, 0.6) is 23.0 Å². The number of H-pyrrole nitrogens is 1. The van der Waals surface area contributed by atoms with Gasteiger partial charge in [-0.05, 0) is 57.2 Å². The summed E-state index contributed by atoms with van der Waals surface area (Å²) in [5, 5.41) is 14.1. The highest BCUT2D eigenvalue weighted by atomic mass is 35.5. The lowest BCUT2D eigenvalue weighted by atomic mass is 9.95. The minimum atomic E-state index is -0.897. The SMILES string of the molecule is COc1cc2cc(C(=O)N3C[C@@H](CCl)c4c3cc(OC(=O)C3CCN(C(=O)CCNC(=O)OCC(OC(C)CO)OC(C)(C)C)C3)c3ccccc43)[nH]c2c(OC)c1OC. The Morgan fingerprint density at radius 3 is 2.38 bits per heavy atom. The van der Waals surface area contributed by atoms with Crippen LogP contribution in [0.4, 0.5) is 10.5 Å². The predicted octanol–water partition coefficient (Wildman–Crippen LogP) is 5.74. The van der Waals surface area contributed by atoms with Gasteiger partial charge in [-0.3, -0.25) is 14.4 Å². The Labute approximate surface area is 353 Å². The summed E-state index contributed by atoms with van der Waals surface area (Å²) in [6.45, 7) is 7.50. The topological polar surface area (TPSA) is 187 Å². The molecule has 0 radical (unpaired) electrons. The Kier molecular flexibility index (Phi) is 14.0. The number of likely N-dealkylation sites (tertiary alicyclic amines) is 1. The van der Waals surface area contributed by atoms with Gasteiger partial charge in [0, 0.05) is 61.2 Å². The first kappa shape index (κ1) is 44.3. The number of alkyl halides is 1. The number of halogens is 1. The number of ether oxygens (including phenoxy) is 7. The summed E-state index contributed by atoms with van der Waals surface area (Å²) >= 11 is 6.53. The minimum absolute atomic E-state index is 0.00997. The number of rotatable bonds is 16. The number of alkyl carbamates (subject to hydrolysis) is 1. The molecule has 3 aromatic carbocycles. The van der Waals surface area contributed by atoms with Gasteiger partial charge in [0.1, 0.15) is 18.1 Å². The Morgan fingerprint density at radius 2 is 1.72 bits per heavy atom. The number of aromatic nitrogens is 1. The fourth-order valence-corrected chi connectivity index (χ4v) is 7.87. The Morgan fingerprint density at radius 1 is 0.983 bits per heavy atom. The first-order valence-electron chi connectivity index (χ1n) is 19.8. The first-order valence-corrected chi connectivity index (χ1v) is 20.3. The molecule has 1 saturated heterocycles. The molecular formula is C43H53ClN4O12. The van der Waals surface area contributed by atoms with Crippen molar-refractivity contribution in [1.29, 1.82) is 0 Å². The summed E-state index contributed by atoms with van der Waals surface area (Å²) in [5.41, 5.74) is 1.73. The number of aliphatic hydroxyl groups excluding tert-OH is 1. The highest BCUT2D eigenvalue weighted by Gasteiger charge is 2.38. The Balaban J connectivity index is 1.12. The largest absolute Gasteiger partial charge is 0.493 e. The van der Waals surface area contributed by atoms with Crippen molar-refractivity contribution >= 4 is 62.8 Å². The molecule has 6 rings (SSSR count). The molecule has 2 aliphatic heterocycles. The van der Waals surface area contributed by atoms with Gasteiger partial charge in [-0.1, -0.05) is 24.3 Å². The molecule has 0 bridgehead atoms. The maximum atomic E-state index is 14.3. The zero-order valence-corrected chi connectivity index (χ0v) is 35.7. The van der Waals surface area contributed by atoms with Gasteiger partial charge in [0.25, 0.3) is 5.91 Å². The van der Waals surface area contributed by atoms with Crippen molar-refractivity contribution in [3.63, 3.8) is 0 Å². The molecule has 4 aromatic rings. The van der Waals surface area contributed by atoms with E-state index in [4.69, 9.17) is 44.8 Å². The molecule has 3 unspecified atom stereocenters. The number of nitrogens with zero attached hydrogens (tertiary/aromatic N) is 2. The number of hydrogen-bond donors (Lipinski definition) is 3. The van der Waals surface area contributed by atoms with Gasteiger partial charge in [0.2, 0.25) is 11.7 Å². The number of benzene rings is 3. The molecule has 16 nitrogen and oxygen atoms in total. The fourth-order valence-electron chi connectivity index (χ4n) is 7.61. The molecule has 3 N–H and O–H groups in total. The maximum absolute atomic E-state index is 14.3. The van der Waals surface area contributed by atoms with E-state index in [1.807, 2.05) is 45.0 Å². The monoisotopic (exact) mass is 852 g/mol. The number of nitrogens with one attached hydrogen (secondary N) is 2. The molecular weight excluding hydrogens is 800 g/mol. The molecule has 0 aliphatic carbocycles. The van der Waals surface area contributed by atoms with Gasteiger partial charge in [0.15, 0.2) is 17.8 Å². The average molecular weight is 853 g/mol. The van der Waals surface area contributed by atoms with Crippen LogP contribution in [0.25, 0.3) is 21.7 Å². The molecule has 1 aromatic heterocycles. The lowest BCUT2D eigenvalue weighted by Gasteiger charge is -2.28. The summed E-state index contributed by atoms with van der Waals surface area (Å²) in [6, 6.07) is 12.7. The first-order chi connectivity index (χ1) is 28.7. The number of amides is 3. The van der Waals surface area contributed by atoms with Gasteiger partial charge in [-0.2, -0.15) is 0 Å². The zero-order chi connectivity index (χ0) is 43.3. The van der Waals surface area contributed by atoms with Crippen LogP contribution in [0.2, 0.25) is 0 Å². The van der Waals surface area contributed by atoms with Crippen LogP contribution in [-0.4, -0.2) is 123 Å². The van der Waals surface area contributed by atoms with Crippen LogP contribution < -0.4 is 29.2 Å². The second-order valence-corrected chi connectivity index (χ2v) is 16.0. The van der Waals surface area contributed by atoms with Crippen LogP contribution in [0, 0.1) is 5.92 Å². The third-order valence-electron chi connectivity index (χ3n) is 10.4. The number of aromatic amines is 1.